The number of carbonyl (C=O) groups excluding carboxylic acids is 2. The van der Waals surface area contributed by atoms with E-state index in [-0.39, 0.29) is 24.3 Å². The summed E-state index contributed by atoms with van der Waals surface area (Å²) in [5.41, 5.74) is 0.824. The summed E-state index contributed by atoms with van der Waals surface area (Å²) < 4.78 is 10.6. The van der Waals surface area contributed by atoms with Crippen molar-refractivity contribution in [2.24, 2.45) is 5.92 Å². The Balaban J connectivity index is 2.49. The predicted octanol–water partition coefficient (Wildman–Crippen LogP) is 1.36. The van der Waals surface area contributed by atoms with Crippen LogP contribution in [0, 0.1) is 5.92 Å². The maximum absolute atomic E-state index is 12.2. The molecule has 0 unspecified atom stereocenters. The summed E-state index contributed by atoms with van der Waals surface area (Å²) in [5, 5.41) is 2.65. The van der Waals surface area contributed by atoms with Gasteiger partial charge in [-0.05, 0) is 19.1 Å². The van der Waals surface area contributed by atoms with E-state index in [9.17, 15) is 9.59 Å². The number of amides is 2. The second kappa shape index (κ2) is 6.68. The third-order valence-electron chi connectivity index (χ3n) is 4.11. The average molecular weight is 306 g/mol. The van der Waals surface area contributed by atoms with Gasteiger partial charge in [0.15, 0.2) is 0 Å². The fourth-order valence-electron chi connectivity index (χ4n) is 3.03. The van der Waals surface area contributed by atoms with E-state index < -0.39 is 5.92 Å². The standard InChI is InChI=1S/C16H22N2O4/c1-5-18-14(19)9-12(16(20)17-2)15(18)11-7-6-10(21-3)8-13(11)22-4/h6-8,12,15H,5,9H2,1-4H3,(H,17,20)/t12-,15-/m1/s1. The topological polar surface area (TPSA) is 67.9 Å². The first-order valence-corrected chi connectivity index (χ1v) is 7.30. The number of nitrogens with one attached hydrogen (secondary N) is 1. The molecule has 1 aromatic rings. The first kappa shape index (κ1) is 16.1. The molecule has 1 aliphatic heterocycles. The highest BCUT2D eigenvalue weighted by Crippen LogP contribution is 2.42. The van der Waals surface area contributed by atoms with Crippen LogP contribution >= 0.6 is 0 Å². The highest BCUT2D eigenvalue weighted by atomic mass is 16.5. The normalized spacial score (nSPS) is 20.9. The molecule has 1 aromatic carbocycles. The van der Waals surface area contributed by atoms with Gasteiger partial charge in [-0.25, -0.2) is 0 Å². The monoisotopic (exact) mass is 306 g/mol. The van der Waals surface area contributed by atoms with Crippen molar-refractivity contribution in [1.29, 1.82) is 0 Å². The maximum Gasteiger partial charge on any atom is 0.225 e. The van der Waals surface area contributed by atoms with Crippen LogP contribution in [0.15, 0.2) is 18.2 Å². The second-order valence-corrected chi connectivity index (χ2v) is 5.16. The Kier molecular flexibility index (Phi) is 4.90. The molecule has 2 amide bonds. The number of methoxy groups -OCH3 is 2. The van der Waals surface area contributed by atoms with Crippen molar-refractivity contribution in [3.05, 3.63) is 23.8 Å². The molecule has 1 N–H and O–H groups in total. The van der Waals surface area contributed by atoms with Crippen molar-refractivity contribution >= 4 is 11.8 Å². The number of rotatable bonds is 5. The number of carbonyl (C=O) groups is 2. The number of hydrogen-bond acceptors (Lipinski definition) is 4. The Morgan fingerprint density at radius 1 is 1.36 bits per heavy atom. The molecule has 2 atom stereocenters. The van der Waals surface area contributed by atoms with Crippen LogP contribution in [-0.4, -0.2) is 44.5 Å². The van der Waals surface area contributed by atoms with Gasteiger partial charge >= 0.3 is 0 Å². The molecule has 1 saturated heterocycles. The van der Waals surface area contributed by atoms with Crippen LogP contribution in [0.3, 0.4) is 0 Å². The Hall–Kier alpha value is -2.24. The lowest BCUT2D eigenvalue weighted by atomic mass is 9.92. The summed E-state index contributed by atoms with van der Waals surface area (Å²) in [4.78, 5) is 26.1. The largest absolute Gasteiger partial charge is 0.497 e. The Bertz CT molecular complexity index is 571. The van der Waals surface area contributed by atoms with E-state index in [4.69, 9.17) is 9.47 Å². The Labute approximate surface area is 130 Å². The number of hydrogen-bond donors (Lipinski definition) is 1. The smallest absolute Gasteiger partial charge is 0.225 e. The van der Waals surface area contributed by atoms with E-state index in [2.05, 4.69) is 5.32 Å². The quantitative estimate of drug-likeness (QED) is 0.892. The van der Waals surface area contributed by atoms with Crippen molar-refractivity contribution < 1.29 is 19.1 Å². The summed E-state index contributed by atoms with van der Waals surface area (Å²) in [6.07, 6.45) is 0.216. The van der Waals surface area contributed by atoms with Crippen molar-refractivity contribution in [3.63, 3.8) is 0 Å². The van der Waals surface area contributed by atoms with Crippen LogP contribution in [0.2, 0.25) is 0 Å². The number of ether oxygens (including phenoxy) is 2. The highest BCUT2D eigenvalue weighted by molar-refractivity contribution is 5.90. The minimum atomic E-state index is -0.417. The molecule has 120 valence electrons. The Morgan fingerprint density at radius 3 is 2.64 bits per heavy atom. The molecular weight excluding hydrogens is 284 g/mol. The molecule has 1 heterocycles. The van der Waals surface area contributed by atoms with Crippen molar-refractivity contribution in [3.8, 4) is 11.5 Å². The van der Waals surface area contributed by atoms with E-state index in [1.54, 1.807) is 32.2 Å². The molecule has 0 aliphatic carbocycles. The van der Waals surface area contributed by atoms with Gasteiger partial charge in [0.25, 0.3) is 0 Å². The van der Waals surface area contributed by atoms with Gasteiger partial charge in [0.05, 0.1) is 26.2 Å². The van der Waals surface area contributed by atoms with E-state index in [1.807, 2.05) is 19.1 Å². The summed E-state index contributed by atoms with van der Waals surface area (Å²) in [6.45, 7) is 2.46. The van der Waals surface area contributed by atoms with Gasteiger partial charge in [-0.15, -0.1) is 0 Å². The minimum Gasteiger partial charge on any atom is -0.497 e. The van der Waals surface area contributed by atoms with E-state index in [0.29, 0.717) is 18.0 Å². The molecule has 0 aromatic heterocycles. The van der Waals surface area contributed by atoms with Gasteiger partial charge in [0, 0.05) is 31.6 Å². The van der Waals surface area contributed by atoms with Crippen molar-refractivity contribution in [1.82, 2.24) is 10.2 Å². The van der Waals surface area contributed by atoms with Gasteiger partial charge in [-0.1, -0.05) is 0 Å². The zero-order valence-electron chi connectivity index (χ0n) is 13.4. The van der Waals surface area contributed by atoms with Crippen LogP contribution < -0.4 is 14.8 Å². The molecule has 0 radical (unpaired) electrons. The molecular formula is C16H22N2O4. The lowest BCUT2D eigenvalue weighted by Gasteiger charge is -2.28. The zero-order valence-corrected chi connectivity index (χ0v) is 13.4. The fourth-order valence-corrected chi connectivity index (χ4v) is 3.03. The van der Waals surface area contributed by atoms with Crippen molar-refractivity contribution in [2.45, 2.75) is 19.4 Å². The van der Waals surface area contributed by atoms with E-state index in [1.165, 1.54) is 0 Å². The van der Waals surface area contributed by atoms with Crippen molar-refractivity contribution in [2.75, 3.05) is 27.8 Å². The molecule has 6 heteroatoms. The summed E-state index contributed by atoms with van der Waals surface area (Å²) in [5.74, 6) is 0.724. The minimum absolute atomic E-state index is 0.0148. The highest BCUT2D eigenvalue weighted by Gasteiger charge is 2.44. The molecule has 6 nitrogen and oxygen atoms in total. The van der Waals surface area contributed by atoms with Crippen LogP contribution in [0.1, 0.15) is 24.9 Å². The molecule has 1 fully saturated rings. The average Bonchev–Trinajstić information content (AvgIpc) is 2.89. The summed E-state index contributed by atoms with van der Waals surface area (Å²) >= 11 is 0. The third kappa shape index (κ3) is 2.73. The number of benzene rings is 1. The van der Waals surface area contributed by atoms with Crippen LogP contribution in [0.25, 0.3) is 0 Å². The number of likely N-dealkylation sites (tertiary alicyclic amines) is 1. The lowest BCUT2D eigenvalue weighted by Crippen LogP contribution is -2.34. The van der Waals surface area contributed by atoms with Gasteiger partial charge in [-0.2, -0.15) is 0 Å². The summed E-state index contributed by atoms with van der Waals surface area (Å²) in [6, 6.07) is 5.13. The maximum atomic E-state index is 12.2. The summed E-state index contributed by atoms with van der Waals surface area (Å²) in [7, 11) is 4.74. The van der Waals surface area contributed by atoms with Gasteiger partial charge in [0.1, 0.15) is 11.5 Å². The molecule has 0 bridgehead atoms. The first-order valence-electron chi connectivity index (χ1n) is 7.30. The molecule has 0 saturated carbocycles. The van der Waals surface area contributed by atoms with Crippen LogP contribution in [-0.2, 0) is 9.59 Å². The predicted molar refractivity (Wildman–Crippen MR) is 81.8 cm³/mol. The van der Waals surface area contributed by atoms with Gasteiger partial charge in [0.2, 0.25) is 11.8 Å². The third-order valence-corrected chi connectivity index (χ3v) is 4.11. The second-order valence-electron chi connectivity index (χ2n) is 5.16. The lowest BCUT2D eigenvalue weighted by molar-refractivity contribution is -0.129. The SMILES string of the molecule is CCN1C(=O)C[C@@H](C(=O)NC)[C@H]1c1ccc(OC)cc1OC. The molecule has 0 spiro atoms. The zero-order chi connectivity index (χ0) is 16.3. The number of nitrogens with zero attached hydrogens (tertiary/aromatic N) is 1. The molecule has 1 aliphatic rings. The van der Waals surface area contributed by atoms with Crippen LogP contribution in [0.5, 0.6) is 11.5 Å². The van der Waals surface area contributed by atoms with Gasteiger partial charge in [-0.3, -0.25) is 9.59 Å². The molecule has 2 rings (SSSR count). The first-order chi connectivity index (χ1) is 10.6. The molecule has 22 heavy (non-hydrogen) atoms. The Morgan fingerprint density at radius 2 is 2.09 bits per heavy atom. The van der Waals surface area contributed by atoms with Gasteiger partial charge < -0.3 is 19.7 Å². The fraction of sp³-hybridized carbons (Fsp3) is 0.500. The van der Waals surface area contributed by atoms with E-state index >= 15 is 0 Å². The van der Waals surface area contributed by atoms with Crippen LogP contribution in [0.4, 0.5) is 0 Å². The van der Waals surface area contributed by atoms with E-state index in [0.717, 1.165) is 5.56 Å².